The Morgan fingerprint density at radius 2 is 2.10 bits per heavy atom. The van der Waals surface area contributed by atoms with E-state index in [0.717, 1.165) is 18.9 Å². The third-order valence-corrected chi connectivity index (χ3v) is 5.01. The zero-order chi connectivity index (χ0) is 21.1. The third kappa shape index (κ3) is 5.07. The molecule has 2 aliphatic rings. The average molecular weight is 410 g/mol. The molecule has 158 valence electrons. The van der Waals surface area contributed by atoms with Crippen LogP contribution in [-0.2, 0) is 19.1 Å². The van der Waals surface area contributed by atoms with Crippen molar-refractivity contribution >= 4 is 29.1 Å². The molecule has 0 bridgehead atoms. The lowest BCUT2D eigenvalue weighted by Gasteiger charge is -2.29. The molecule has 10 heteroatoms. The number of hydrogen-bond donors (Lipinski definition) is 2. The number of carbonyl (C=O) groups is 3. The first-order chi connectivity index (χ1) is 13.8. The first kappa shape index (κ1) is 21.1. The van der Waals surface area contributed by atoms with Crippen LogP contribution in [0.15, 0.2) is 18.2 Å². The van der Waals surface area contributed by atoms with E-state index < -0.39 is 30.2 Å². The van der Waals surface area contributed by atoms with E-state index in [-0.39, 0.29) is 36.7 Å². The zero-order valence-electron chi connectivity index (χ0n) is 16.1. The molecule has 0 radical (unpaired) electrons. The van der Waals surface area contributed by atoms with Crippen LogP contribution < -0.4 is 16.0 Å². The number of halogens is 2. The topological polar surface area (TPSA) is 105 Å². The minimum Gasteiger partial charge on any atom is -0.370 e. The number of morpholine rings is 1. The van der Waals surface area contributed by atoms with Crippen molar-refractivity contribution in [3.8, 4) is 0 Å². The van der Waals surface area contributed by atoms with Crippen molar-refractivity contribution in [3.63, 3.8) is 0 Å². The summed E-state index contributed by atoms with van der Waals surface area (Å²) in [6.45, 7) is 0.802. The van der Waals surface area contributed by atoms with Gasteiger partial charge in [0.15, 0.2) is 6.04 Å². The van der Waals surface area contributed by atoms with E-state index in [4.69, 9.17) is 10.5 Å². The smallest absolute Gasteiger partial charge is 0.265 e. The Morgan fingerprint density at radius 3 is 2.69 bits per heavy atom. The number of ether oxygens (including phenoxy) is 1. The predicted octanol–water partition coefficient (Wildman–Crippen LogP) is 1.12. The molecular formula is C19H24F2N4O4. The summed E-state index contributed by atoms with van der Waals surface area (Å²) in [5.41, 5.74) is 5.17. The molecule has 0 unspecified atom stereocenters. The normalized spacial score (nSPS) is 18.2. The van der Waals surface area contributed by atoms with Crippen molar-refractivity contribution in [1.29, 1.82) is 0 Å². The van der Waals surface area contributed by atoms with Crippen molar-refractivity contribution < 1.29 is 27.9 Å². The van der Waals surface area contributed by atoms with E-state index in [1.54, 1.807) is 11.9 Å². The zero-order valence-corrected chi connectivity index (χ0v) is 16.1. The van der Waals surface area contributed by atoms with Gasteiger partial charge in [-0.3, -0.25) is 19.3 Å². The van der Waals surface area contributed by atoms with Crippen LogP contribution in [0.3, 0.4) is 0 Å². The Labute approximate surface area is 167 Å². The maximum absolute atomic E-state index is 13.6. The number of anilines is 2. The van der Waals surface area contributed by atoms with Gasteiger partial charge in [-0.2, -0.15) is 0 Å². The van der Waals surface area contributed by atoms with Gasteiger partial charge in [0.2, 0.25) is 5.91 Å². The van der Waals surface area contributed by atoms with Crippen molar-refractivity contribution in [3.05, 3.63) is 23.8 Å². The van der Waals surface area contributed by atoms with Gasteiger partial charge in [0.05, 0.1) is 12.3 Å². The fourth-order valence-corrected chi connectivity index (χ4v) is 3.40. The minimum atomic E-state index is -2.86. The van der Waals surface area contributed by atoms with Crippen LogP contribution in [-0.4, -0.2) is 62.0 Å². The van der Waals surface area contributed by atoms with Crippen LogP contribution in [0.2, 0.25) is 0 Å². The van der Waals surface area contributed by atoms with Crippen molar-refractivity contribution in [2.24, 2.45) is 11.7 Å². The summed E-state index contributed by atoms with van der Waals surface area (Å²) in [4.78, 5) is 39.2. The number of likely N-dealkylation sites (N-methyl/N-ethyl adjacent to an activating group) is 1. The molecule has 8 nitrogen and oxygen atoms in total. The average Bonchev–Trinajstić information content (AvgIpc) is 3.46. The Morgan fingerprint density at radius 1 is 1.38 bits per heavy atom. The van der Waals surface area contributed by atoms with Gasteiger partial charge in [-0.25, -0.2) is 8.78 Å². The van der Waals surface area contributed by atoms with Gasteiger partial charge >= 0.3 is 0 Å². The largest absolute Gasteiger partial charge is 0.370 e. The number of amides is 3. The first-order valence-corrected chi connectivity index (χ1v) is 9.38. The molecule has 1 atom stereocenters. The second-order valence-electron chi connectivity index (χ2n) is 7.35. The minimum absolute atomic E-state index is 0.0728. The molecule has 1 heterocycles. The summed E-state index contributed by atoms with van der Waals surface area (Å²) in [5, 5.41) is 2.49. The maximum Gasteiger partial charge on any atom is 0.265 e. The lowest BCUT2D eigenvalue weighted by molar-refractivity contribution is -0.132. The standard InChI is InChI=1S/C19H24F2N4O4/c1-24(9-11-2-3-11)16(18(22)27)19(28)23-12-4-5-14(13(8-12)17(20)21)25-6-7-29-10-15(25)26/h4-5,8,11,16-17H,2-3,6-7,9-10H2,1H3,(H2,22,27)(H,23,28)/t16-/m0/s1. The number of carbonyl (C=O) groups excluding carboxylic acids is 3. The highest BCUT2D eigenvalue weighted by molar-refractivity contribution is 6.09. The summed E-state index contributed by atoms with van der Waals surface area (Å²) in [6.07, 6.45) is -0.782. The van der Waals surface area contributed by atoms with Gasteiger partial charge in [0.1, 0.15) is 6.61 Å². The molecule has 0 aromatic heterocycles. The van der Waals surface area contributed by atoms with E-state index in [1.165, 1.54) is 17.0 Å². The van der Waals surface area contributed by atoms with Crippen LogP contribution in [0.4, 0.5) is 20.2 Å². The van der Waals surface area contributed by atoms with E-state index >= 15 is 0 Å². The second kappa shape index (κ2) is 8.83. The monoisotopic (exact) mass is 410 g/mol. The summed E-state index contributed by atoms with van der Waals surface area (Å²) in [7, 11) is 1.63. The number of alkyl halides is 2. The Kier molecular flexibility index (Phi) is 6.43. The second-order valence-corrected chi connectivity index (χ2v) is 7.35. The highest BCUT2D eigenvalue weighted by Gasteiger charge is 2.33. The number of benzene rings is 1. The van der Waals surface area contributed by atoms with Gasteiger partial charge < -0.3 is 20.7 Å². The molecule has 1 aliphatic heterocycles. The van der Waals surface area contributed by atoms with E-state index in [2.05, 4.69) is 5.32 Å². The molecule has 3 N–H and O–H groups in total. The van der Waals surface area contributed by atoms with Gasteiger partial charge in [0, 0.05) is 24.3 Å². The molecule has 1 aliphatic carbocycles. The van der Waals surface area contributed by atoms with Crippen LogP contribution in [0.25, 0.3) is 0 Å². The fraction of sp³-hybridized carbons (Fsp3) is 0.526. The van der Waals surface area contributed by atoms with Gasteiger partial charge in [-0.1, -0.05) is 0 Å². The van der Waals surface area contributed by atoms with Crippen molar-refractivity contribution in [2.45, 2.75) is 25.3 Å². The first-order valence-electron chi connectivity index (χ1n) is 9.38. The number of nitrogens with two attached hydrogens (primary N) is 1. The van der Waals surface area contributed by atoms with Crippen LogP contribution in [0, 0.1) is 5.92 Å². The number of nitrogens with one attached hydrogen (secondary N) is 1. The summed E-state index contributed by atoms with van der Waals surface area (Å²) < 4.78 is 32.3. The van der Waals surface area contributed by atoms with E-state index in [1.807, 2.05) is 0 Å². The Bertz CT molecular complexity index is 800. The van der Waals surface area contributed by atoms with E-state index in [9.17, 15) is 23.2 Å². The number of rotatable bonds is 8. The molecule has 29 heavy (non-hydrogen) atoms. The third-order valence-electron chi connectivity index (χ3n) is 5.01. The van der Waals surface area contributed by atoms with Crippen LogP contribution in [0.5, 0.6) is 0 Å². The molecular weight excluding hydrogens is 386 g/mol. The highest BCUT2D eigenvalue weighted by Crippen LogP contribution is 2.33. The van der Waals surface area contributed by atoms with Crippen LogP contribution in [0.1, 0.15) is 24.8 Å². The predicted molar refractivity (Wildman–Crippen MR) is 102 cm³/mol. The number of primary amides is 1. The Hall–Kier alpha value is -2.59. The number of hydrogen-bond acceptors (Lipinski definition) is 5. The lowest BCUT2D eigenvalue weighted by Crippen LogP contribution is -2.51. The highest BCUT2D eigenvalue weighted by atomic mass is 19.3. The van der Waals surface area contributed by atoms with Gasteiger partial charge in [-0.05, 0) is 44.0 Å². The van der Waals surface area contributed by atoms with Gasteiger partial charge in [-0.15, -0.1) is 0 Å². The molecule has 0 spiro atoms. The SMILES string of the molecule is CN(CC1CC1)[C@@H](C(N)=O)C(=O)Nc1ccc(N2CCOCC2=O)c(C(F)F)c1. The quantitative estimate of drug-likeness (QED) is 0.625. The van der Waals surface area contributed by atoms with Gasteiger partial charge in [0.25, 0.3) is 18.2 Å². The maximum atomic E-state index is 13.6. The summed E-state index contributed by atoms with van der Waals surface area (Å²) in [5.74, 6) is -1.47. The van der Waals surface area contributed by atoms with Crippen molar-refractivity contribution in [2.75, 3.05) is 43.6 Å². The molecule has 1 aromatic rings. The lowest BCUT2D eigenvalue weighted by atomic mass is 10.1. The Balaban J connectivity index is 1.79. The molecule has 2 fully saturated rings. The fourth-order valence-electron chi connectivity index (χ4n) is 3.40. The summed E-state index contributed by atoms with van der Waals surface area (Å²) >= 11 is 0. The van der Waals surface area contributed by atoms with Crippen molar-refractivity contribution in [1.82, 2.24) is 4.90 Å². The van der Waals surface area contributed by atoms with E-state index in [0.29, 0.717) is 12.5 Å². The molecule has 3 rings (SSSR count). The molecule has 1 saturated heterocycles. The molecule has 3 amide bonds. The molecule has 1 saturated carbocycles. The number of nitrogens with zero attached hydrogens (tertiary/aromatic N) is 2. The van der Waals surface area contributed by atoms with Crippen LogP contribution >= 0.6 is 0 Å². The molecule has 1 aromatic carbocycles. The summed E-state index contributed by atoms with van der Waals surface area (Å²) in [6, 6.07) is 2.68.